The zero-order valence-electron chi connectivity index (χ0n) is 11.6. The quantitative estimate of drug-likeness (QED) is 0.402. The average Bonchev–Trinajstić information content (AvgIpc) is 2.51. The molecule has 0 bridgehead atoms. The van der Waals surface area contributed by atoms with E-state index in [2.05, 4.69) is 10.3 Å². The van der Waals surface area contributed by atoms with Crippen LogP contribution in [0.5, 0.6) is 5.75 Å². The van der Waals surface area contributed by atoms with E-state index >= 15 is 0 Å². The van der Waals surface area contributed by atoms with Gasteiger partial charge in [-0.3, -0.25) is 5.32 Å². The van der Waals surface area contributed by atoms with Crippen molar-refractivity contribution in [3.05, 3.63) is 24.0 Å². The normalized spacial score (nSPS) is 16.3. The number of rotatable bonds is 3. The van der Waals surface area contributed by atoms with Crippen LogP contribution in [0.4, 0.5) is 10.1 Å². The summed E-state index contributed by atoms with van der Waals surface area (Å²) in [5, 5.41) is 11.4. The molecule has 5 nitrogen and oxygen atoms in total. The fourth-order valence-electron chi connectivity index (χ4n) is 1.95. The lowest BCUT2D eigenvalue weighted by Crippen LogP contribution is -2.26. The molecule has 1 heterocycles. The molecule has 1 fully saturated rings. The maximum atomic E-state index is 14.0. The molecule has 0 saturated carbocycles. The minimum Gasteiger partial charge on any atom is -0.488 e. The Morgan fingerprint density at radius 3 is 2.95 bits per heavy atom. The zero-order chi connectivity index (χ0) is 15.1. The van der Waals surface area contributed by atoms with Gasteiger partial charge in [-0.25, -0.2) is 9.38 Å². The Bertz CT molecular complexity index is 554. The third-order valence-electron chi connectivity index (χ3n) is 2.98. The van der Waals surface area contributed by atoms with Gasteiger partial charge in [-0.2, -0.15) is 5.26 Å². The number of hydrogen-bond donors (Lipinski definition) is 1. The van der Waals surface area contributed by atoms with Crippen molar-refractivity contribution in [1.82, 2.24) is 5.32 Å². The number of nitriles is 1. The van der Waals surface area contributed by atoms with E-state index in [0.717, 1.165) is 12.8 Å². The van der Waals surface area contributed by atoms with Gasteiger partial charge in [0.15, 0.2) is 17.2 Å². The molecule has 112 valence electrons. The number of hydrogen-bond acceptors (Lipinski definition) is 5. The van der Waals surface area contributed by atoms with Crippen molar-refractivity contribution < 1.29 is 13.9 Å². The lowest BCUT2D eigenvalue weighted by Gasteiger charge is -2.24. The molecule has 1 aromatic rings. The van der Waals surface area contributed by atoms with E-state index in [1.807, 2.05) is 0 Å². The van der Waals surface area contributed by atoms with Crippen LogP contribution in [0.2, 0.25) is 0 Å². The number of aliphatic imine (C=N–C) groups is 1. The molecule has 1 N–H and O–H groups in total. The minimum atomic E-state index is -0.481. The third kappa shape index (κ3) is 4.34. The predicted octanol–water partition coefficient (Wildman–Crippen LogP) is 2.80. The zero-order valence-corrected chi connectivity index (χ0v) is 12.5. The summed E-state index contributed by atoms with van der Waals surface area (Å²) in [7, 11) is 0. The van der Waals surface area contributed by atoms with E-state index in [0.29, 0.717) is 24.1 Å². The summed E-state index contributed by atoms with van der Waals surface area (Å²) in [6.07, 6.45) is 5.07. The van der Waals surface area contributed by atoms with E-state index in [-0.39, 0.29) is 11.8 Å². The first-order valence-electron chi connectivity index (χ1n) is 6.55. The fraction of sp³-hybridized carbons (Fsp3) is 0.429. The Kier molecular flexibility index (Phi) is 5.84. The Balaban J connectivity index is 2.25. The summed E-state index contributed by atoms with van der Waals surface area (Å²) in [4.78, 5) is 4.15. The first-order chi connectivity index (χ1) is 10.2. The van der Waals surface area contributed by atoms with Gasteiger partial charge in [-0.1, -0.05) is 17.8 Å². The highest BCUT2D eigenvalue weighted by Gasteiger charge is 2.18. The molecule has 0 aromatic heterocycles. The standard InChI is InChI=1S/C14H16FN3O2S/c1-21-14(17-9-16)18-13-11(15)3-2-4-12(13)20-10-5-7-19-8-6-10/h2-4,10H,5-8H2,1H3,(H,17,18). The van der Waals surface area contributed by atoms with E-state index in [1.165, 1.54) is 17.8 Å². The van der Waals surface area contributed by atoms with E-state index in [4.69, 9.17) is 14.7 Å². The minimum absolute atomic E-state index is 0.00356. The fourth-order valence-corrected chi connectivity index (χ4v) is 2.28. The van der Waals surface area contributed by atoms with Crippen LogP contribution in [-0.4, -0.2) is 30.7 Å². The second kappa shape index (κ2) is 7.86. The van der Waals surface area contributed by atoms with Gasteiger partial charge in [0, 0.05) is 12.8 Å². The second-order valence-corrected chi connectivity index (χ2v) is 5.17. The first kappa shape index (κ1) is 15.6. The number of thioether (sulfide) groups is 1. The van der Waals surface area contributed by atoms with Gasteiger partial charge in [0.05, 0.1) is 13.2 Å². The monoisotopic (exact) mass is 309 g/mol. The maximum Gasteiger partial charge on any atom is 0.183 e. The number of nitrogens with zero attached hydrogens (tertiary/aromatic N) is 2. The summed E-state index contributed by atoms with van der Waals surface area (Å²) in [5.41, 5.74) is 0.107. The molecular formula is C14H16FN3O2S. The SMILES string of the molecule is CSC(=Nc1c(F)cccc1OC1CCOCC1)NC#N. The molecule has 1 saturated heterocycles. The number of amidine groups is 1. The number of ether oxygens (including phenoxy) is 2. The summed E-state index contributed by atoms with van der Waals surface area (Å²) in [5.74, 6) is -0.0981. The summed E-state index contributed by atoms with van der Waals surface area (Å²) in [6.45, 7) is 1.29. The van der Waals surface area contributed by atoms with Gasteiger partial charge in [-0.05, 0) is 18.4 Å². The lowest BCUT2D eigenvalue weighted by molar-refractivity contribution is 0.0257. The number of benzene rings is 1. The highest BCUT2D eigenvalue weighted by Crippen LogP contribution is 2.33. The Morgan fingerprint density at radius 2 is 2.29 bits per heavy atom. The van der Waals surface area contributed by atoms with Crippen molar-refractivity contribution >= 4 is 22.6 Å². The number of nitrogens with one attached hydrogen (secondary N) is 1. The molecule has 0 radical (unpaired) electrons. The molecule has 0 aliphatic carbocycles. The molecule has 1 aliphatic rings. The highest BCUT2D eigenvalue weighted by molar-refractivity contribution is 8.13. The highest BCUT2D eigenvalue weighted by atomic mass is 32.2. The van der Waals surface area contributed by atoms with Crippen LogP contribution in [-0.2, 0) is 4.74 Å². The Labute approximate surface area is 127 Å². The van der Waals surface area contributed by atoms with Crippen molar-refractivity contribution in [3.63, 3.8) is 0 Å². The van der Waals surface area contributed by atoms with Gasteiger partial charge in [0.25, 0.3) is 0 Å². The van der Waals surface area contributed by atoms with Crippen LogP contribution < -0.4 is 10.1 Å². The van der Waals surface area contributed by atoms with Crippen LogP contribution in [0, 0.1) is 17.3 Å². The lowest BCUT2D eigenvalue weighted by atomic mass is 10.1. The van der Waals surface area contributed by atoms with Crippen LogP contribution in [0.3, 0.4) is 0 Å². The molecule has 21 heavy (non-hydrogen) atoms. The topological polar surface area (TPSA) is 66.6 Å². The van der Waals surface area contributed by atoms with Crippen molar-refractivity contribution in [3.8, 4) is 11.9 Å². The largest absolute Gasteiger partial charge is 0.488 e. The van der Waals surface area contributed by atoms with Crippen LogP contribution in [0.15, 0.2) is 23.2 Å². The van der Waals surface area contributed by atoms with Gasteiger partial charge in [0.1, 0.15) is 17.5 Å². The summed E-state index contributed by atoms with van der Waals surface area (Å²) < 4.78 is 25.1. The van der Waals surface area contributed by atoms with Gasteiger partial charge in [-0.15, -0.1) is 0 Å². The van der Waals surface area contributed by atoms with Gasteiger partial charge < -0.3 is 9.47 Å². The van der Waals surface area contributed by atoms with Crippen molar-refractivity contribution in [1.29, 1.82) is 5.26 Å². The smallest absolute Gasteiger partial charge is 0.183 e. The molecule has 0 amide bonds. The third-order valence-corrected chi connectivity index (χ3v) is 3.56. The molecule has 2 rings (SSSR count). The first-order valence-corrected chi connectivity index (χ1v) is 7.77. The van der Waals surface area contributed by atoms with E-state index < -0.39 is 5.82 Å². The van der Waals surface area contributed by atoms with Crippen LogP contribution >= 0.6 is 11.8 Å². The average molecular weight is 309 g/mol. The van der Waals surface area contributed by atoms with E-state index in [9.17, 15) is 4.39 Å². The van der Waals surface area contributed by atoms with Gasteiger partial charge in [0.2, 0.25) is 0 Å². The van der Waals surface area contributed by atoms with Crippen molar-refractivity contribution in [2.75, 3.05) is 19.5 Å². The second-order valence-electron chi connectivity index (χ2n) is 4.37. The number of halogens is 1. The molecule has 0 spiro atoms. The molecule has 1 aromatic carbocycles. The van der Waals surface area contributed by atoms with Crippen molar-refractivity contribution in [2.24, 2.45) is 4.99 Å². The maximum absolute atomic E-state index is 14.0. The van der Waals surface area contributed by atoms with E-state index in [1.54, 1.807) is 24.6 Å². The van der Waals surface area contributed by atoms with Crippen LogP contribution in [0.1, 0.15) is 12.8 Å². The molecule has 7 heteroatoms. The van der Waals surface area contributed by atoms with Crippen LogP contribution in [0.25, 0.3) is 0 Å². The molecule has 0 atom stereocenters. The summed E-state index contributed by atoms with van der Waals surface area (Å²) >= 11 is 1.23. The molecule has 1 aliphatic heterocycles. The Morgan fingerprint density at radius 1 is 1.52 bits per heavy atom. The predicted molar refractivity (Wildman–Crippen MR) is 80.2 cm³/mol. The molecule has 0 unspecified atom stereocenters. The molecular weight excluding hydrogens is 293 g/mol. The van der Waals surface area contributed by atoms with Gasteiger partial charge >= 0.3 is 0 Å². The Hall–Kier alpha value is -1.78. The summed E-state index contributed by atoms with van der Waals surface area (Å²) in [6, 6.07) is 4.58. The number of para-hydroxylation sites is 1. The van der Waals surface area contributed by atoms with Crippen molar-refractivity contribution in [2.45, 2.75) is 18.9 Å².